The smallest absolute Gasteiger partial charge is 0.264 e. The van der Waals surface area contributed by atoms with Crippen LogP contribution in [0, 0.1) is 12.8 Å². The molecule has 1 aromatic carbocycles. The highest BCUT2D eigenvalue weighted by molar-refractivity contribution is 7.90. The molecule has 0 saturated heterocycles. The number of halogens is 2. The van der Waals surface area contributed by atoms with Crippen molar-refractivity contribution in [2.24, 2.45) is 5.92 Å². The molecular weight excluding hydrogens is 370 g/mol. The Hall–Kier alpha value is -2.23. The molecule has 142 valence electrons. The molecular formula is C16H18F2N2O5S. The van der Waals surface area contributed by atoms with Crippen molar-refractivity contribution in [3.8, 4) is 5.75 Å². The van der Waals surface area contributed by atoms with Crippen molar-refractivity contribution < 1.29 is 31.5 Å². The Balaban J connectivity index is 1.78. The fourth-order valence-electron chi connectivity index (χ4n) is 3.08. The number of carbonyl (C=O) groups excluding carboxylic acids is 2. The van der Waals surface area contributed by atoms with Gasteiger partial charge in [-0.25, -0.2) is 21.9 Å². The van der Waals surface area contributed by atoms with Gasteiger partial charge in [0, 0.05) is 24.8 Å². The second-order valence-electron chi connectivity index (χ2n) is 6.55. The Morgan fingerprint density at radius 2 is 1.96 bits per heavy atom. The maximum Gasteiger partial charge on any atom is 0.264 e. The summed E-state index contributed by atoms with van der Waals surface area (Å²) in [4.78, 5) is 23.4. The molecule has 1 heterocycles. The Labute approximate surface area is 149 Å². The lowest BCUT2D eigenvalue weighted by molar-refractivity contribution is -0.127. The highest BCUT2D eigenvalue weighted by Crippen LogP contribution is 2.37. The van der Waals surface area contributed by atoms with Gasteiger partial charge in [0.05, 0.1) is 10.6 Å². The second kappa shape index (κ2) is 6.49. The minimum Gasteiger partial charge on any atom is -0.482 e. The molecule has 1 aromatic rings. The highest BCUT2D eigenvalue weighted by atomic mass is 32.2. The Bertz CT molecular complexity index is 860. The van der Waals surface area contributed by atoms with E-state index in [1.807, 2.05) is 4.72 Å². The lowest BCUT2D eigenvalue weighted by Crippen LogP contribution is -2.39. The molecule has 2 amide bonds. The number of ether oxygens (including phenoxy) is 1. The van der Waals surface area contributed by atoms with Crippen LogP contribution in [-0.2, 0) is 19.6 Å². The average molecular weight is 388 g/mol. The number of nitrogens with one attached hydrogen (secondary N) is 2. The first-order chi connectivity index (χ1) is 12.1. The van der Waals surface area contributed by atoms with Gasteiger partial charge >= 0.3 is 0 Å². The van der Waals surface area contributed by atoms with Gasteiger partial charge in [-0.1, -0.05) is 0 Å². The lowest BCUT2D eigenvalue weighted by Gasteiger charge is -2.27. The summed E-state index contributed by atoms with van der Waals surface area (Å²) in [6, 6.07) is 2.67. The third kappa shape index (κ3) is 3.79. The molecule has 1 aliphatic carbocycles. The number of alkyl halides is 2. The van der Waals surface area contributed by atoms with E-state index in [9.17, 15) is 26.8 Å². The number of benzene rings is 1. The molecule has 0 bridgehead atoms. The first-order valence-electron chi connectivity index (χ1n) is 8.09. The number of sulfonamides is 1. The number of aryl methyl sites for hydroxylation is 1. The van der Waals surface area contributed by atoms with E-state index in [0.717, 1.165) is 0 Å². The maximum atomic E-state index is 13.2. The molecule has 0 radical (unpaired) electrons. The zero-order chi connectivity index (χ0) is 19.1. The number of carbonyl (C=O) groups is 2. The SMILES string of the molecule is Cc1cc2c(cc1S(=O)(=O)NC(=O)C1CCC(F)(F)CC1)OCC(=O)N2. The zero-order valence-corrected chi connectivity index (χ0v) is 14.8. The first-order valence-corrected chi connectivity index (χ1v) is 9.57. The number of hydrogen-bond acceptors (Lipinski definition) is 5. The van der Waals surface area contributed by atoms with Gasteiger partial charge in [-0.05, 0) is 31.4 Å². The van der Waals surface area contributed by atoms with E-state index in [-0.39, 0.29) is 36.0 Å². The summed E-state index contributed by atoms with van der Waals surface area (Å²) in [7, 11) is -4.20. The van der Waals surface area contributed by atoms with Gasteiger partial charge in [0.2, 0.25) is 11.8 Å². The van der Waals surface area contributed by atoms with Gasteiger partial charge in [-0.2, -0.15) is 0 Å². The van der Waals surface area contributed by atoms with E-state index in [1.165, 1.54) is 19.1 Å². The third-order valence-corrected chi connectivity index (χ3v) is 6.01. The summed E-state index contributed by atoms with van der Waals surface area (Å²) < 4.78 is 58.7. The molecule has 3 rings (SSSR count). The molecule has 7 nitrogen and oxygen atoms in total. The van der Waals surface area contributed by atoms with Crippen LogP contribution >= 0.6 is 0 Å². The van der Waals surface area contributed by atoms with Crippen molar-refractivity contribution in [1.29, 1.82) is 0 Å². The van der Waals surface area contributed by atoms with Gasteiger partial charge in [0.1, 0.15) is 5.75 Å². The number of fused-ring (bicyclic) bond motifs is 1. The topological polar surface area (TPSA) is 102 Å². The van der Waals surface area contributed by atoms with Crippen LogP contribution in [0.3, 0.4) is 0 Å². The van der Waals surface area contributed by atoms with Crippen molar-refractivity contribution in [2.75, 3.05) is 11.9 Å². The second-order valence-corrected chi connectivity index (χ2v) is 8.20. The van der Waals surface area contributed by atoms with E-state index in [4.69, 9.17) is 4.74 Å². The fourth-order valence-corrected chi connectivity index (χ4v) is 4.37. The minimum atomic E-state index is -4.20. The van der Waals surface area contributed by atoms with Crippen molar-refractivity contribution in [1.82, 2.24) is 4.72 Å². The van der Waals surface area contributed by atoms with Crippen LogP contribution in [0.4, 0.5) is 14.5 Å². The molecule has 0 aromatic heterocycles. The van der Waals surface area contributed by atoms with E-state index < -0.39 is 40.6 Å². The summed E-state index contributed by atoms with van der Waals surface area (Å²) in [6.07, 6.45) is -0.994. The van der Waals surface area contributed by atoms with Crippen molar-refractivity contribution >= 4 is 27.5 Å². The van der Waals surface area contributed by atoms with Gasteiger partial charge in [-0.15, -0.1) is 0 Å². The van der Waals surface area contributed by atoms with Crippen LogP contribution in [0.1, 0.15) is 31.2 Å². The number of rotatable bonds is 3. The standard InChI is InChI=1S/C16H18F2N2O5S/c1-9-6-11-12(25-8-14(21)19-11)7-13(9)26(23,24)20-15(22)10-2-4-16(17,18)5-3-10/h6-7,10H,2-5,8H2,1H3,(H,19,21)(H,20,22). The number of hydrogen-bond donors (Lipinski definition) is 2. The van der Waals surface area contributed by atoms with E-state index in [0.29, 0.717) is 11.3 Å². The van der Waals surface area contributed by atoms with E-state index >= 15 is 0 Å². The van der Waals surface area contributed by atoms with Crippen molar-refractivity contribution in [2.45, 2.75) is 43.4 Å². The van der Waals surface area contributed by atoms with E-state index in [2.05, 4.69) is 5.32 Å². The van der Waals surface area contributed by atoms with Crippen LogP contribution < -0.4 is 14.8 Å². The zero-order valence-electron chi connectivity index (χ0n) is 14.0. The maximum absolute atomic E-state index is 13.2. The Morgan fingerprint density at radius 1 is 1.31 bits per heavy atom. The molecule has 26 heavy (non-hydrogen) atoms. The highest BCUT2D eigenvalue weighted by Gasteiger charge is 2.38. The van der Waals surface area contributed by atoms with Crippen LogP contribution in [0.15, 0.2) is 17.0 Å². The lowest BCUT2D eigenvalue weighted by atomic mass is 9.86. The largest absolute Gasteiger partial charge is 0.482 e. The summed E-state index contributed by atoms with van der Waals surface area (Å²) in [6.45, 7) is 1.28. The molecule has 1 aliphatic heterocycles. The Morgan fingerprint density at radius 3 is 2.62 bits per heavy atom. The normalized spacial score (nSPS) is 19.9. The third-order valence-electron chi connectivity index (χ3n) is 4.52. The fraction of sp³-hybridized carbons (Fsp3) is 0.500. The first kappa shape index (κ1) is 18.6. The number of anilines is 1. The van der Waals surface area contributed by atoms with Gasteiger partial charge in [0.25, 0.3) is 15.9 Å². The predicted molar refractivity (Wildman–Crippen MR) is 87.5 cm³/mol. The average Bonchev–Trinajstić information content (AvgIpc) is 2.53. The molecule has 0 atom stereocenters. The molecule has 0 unspecified atom stereocenters. The molecule has 2 N–H and O–H groups in total. The predicted octanol–water partition coefficient (Wildman–Crippen LogP) is 1.96. The van der Waals surface area contributed by atoms with Gasteiger partial charge in [-0.3, -0.25) is 9.59 Å². The van der Waals surface area contributed by atoms with Crippen LogP contribution in [0.2, 0.25) is 0 Å². The Kier molecular flexibility index (Phi) is 4.63. The molecule has 2 aliphatic rings. The molecule has 1 fully saturated rings. The summed E-state index contributed by atoms with van der Waals surface area (Å²) in [5.74, 6) is -4.52. The van der Waals surface area contributed by atoms with Crippen LogP contribution in [-0.4, -0.2) is 32.8 Å². The molecule has 1 saturated carbocycles. The summed E-state index contributed by atoms with van der Waals surface area (Å²) >= 11 is 0. The molecule has 10 heteroatoms. The quantitative estimate of drug-likeness (QED) is 0.824. The van der Waals surface area contributed by atoms with Crippen LogP contribution in [0.5, 0.6) is 5.75 Å². The number of amides is 2. The van der Waals surface area contributed by atoms with Gasteiger partial charge in [0.15, 0.2) is 6.61 Å². The van der Waals surface area contributed by atoms with Crippen LogP contribution in [0.25, 0.3) is 0 Å². The van der Waals surface area contributed by atoms with E-state index in [1.54, 1.807) is 0 Å². The minimum absolute atomic E-state index is 0.0628. The van der Waals surface area contributed by atoms with Crippen molar-refractivity contribution in [3.63, 3.8) is 0 Å². The van der Waals surface area contributed by atoms with Gasteiger partial charge < -0.3 is 10.1 Å². The summed E-state index contributed by atoms with van der Waals surface area (Å²) in [5, 5.41) is 2.56. The molecule has 0 spiro atoms. The monoisotopic (exact) mass is 388 g/mol. The summed E-state index contributed by atoms with van der Waals surface area (Å²) in [5.41, 5.74) is 0.656. The van der Waals surface area contributed by atoms with Crippen molar-refractivity contribution in [3.05, 3.63) is 17.7 Å².